The quantitative estimate of drug-likeness (QED) is 0.622. The maximum Gasteiger partial charge on any atom is 0.279 e. The van der Waals surface area contributed by atoms with Gasteiger partial charge in [-0.25, -0.2) is 0 Å². The van der Waals surface area contributed by atoms with Crippen LogP contribution < -0.4 is 25.0 Å². The van der Waals surface area contributed by atoms with E-state index in [9.17, 15) is 4.79 Å². The first-order chi connectivity index (χ1) is 14.7. The molecule has 1 saturated heterocycles. The van der Waals surface area contributed by atoms with Gasteiger partial charge in [0.2, 0.25) is 0 Å². The number of benzene rings is 2. The van der Waals surface area contributed by atoms with Gasteiger partial charge in [0.25, 0.3) is 5.91 Å². The molecule has 0 saturated carbocycles. The van der Waals surface area contributed by atoms with E-state index in [1.165, 1.54) is 25.7 Å². The summed E-state index contributed by atoms with van der Waals surface area (Å²) in [6.45, 7) is 3.35. The normalized spacial score (nSPS) is 14.1. The van der Waals surface area contributed by atoms with Gasteiger partial charge in [-0.2, -0.15) is 0 Å². The standard InChI is InChI=1S/C24H33N3O3/c1-29-22-12-11-19(17-23(22)30-2)13-14-25-18-24(28)26-20-9-5-6-10-21(20)27-15-7-3-4-8-16-27/h5-6,9-12,17,25H,3-4,7-8,13-16,18H2,1-2H3,(H,26,28)/p+1. The van der Waals surface area contributed by atoms with Crippen LogP contribution in [0.2, 0.25) is 0 Å². The molecule has 2 aromatic rings. The Hall–Kier alpha value is -2.73. The number of para-hydroxylation sites is 2. The minimum absolute atomic E-state index is 0.0320. The lowest BCUT2D eigenvalue weighted by Gasteiger charge is -2.25. The molecular weight excluding hydrogens is 378 g/mol. The van der Waals surface area contributed by atoms with Crippen LogP contribution in [0.25, 0.3) is 0 Å². The largest absolute Gasteiger partial charge is 0.493 e. The van der Waals surface area contributed by atoms with Crippen molar-refractivity contribution in [1.29, 1.82) is 0 Å². The molecule has 6 heteroatoms. The lowest BCUT2D eigenvalue weighted by molar-refractivity contribution is -0.643. The van der Waals surface area contributed by atoms with Gasteiger partial charge in [-0.05, 0) is 42.7 Å². The molecule has 0 spiro atoms. The van der Waals surface area contributed by atoms with Crippen LogP contribution in [0, 0.1) is 0 Å². The lowest BCUT2D eigenvalue weighted by Crippen LogP contribution is -2.86. The first kappa shape index (κ1) is 22.0. The second-order valence-corrected chi connectivity index (χ2v) is 7.69. The predicted octanol–water partition coefficient (Wildman–Crippen LogP) is 2.83. The van der Waals surface area contributed by atoms with Gasteiger partial charge in [-0.15, -0.1) is 0 Å². The first-order valence-corrected chi connectivity index (χ1v) is 10.9. The number of methoxy groups -OCH3 is 2. The Kier molecular flexibility index (Phi) is 8.39. The average molecular weight is 413 g/mol. The average Bonchev–Trinajstić information content (AvgIpc) is 3.06. The van der Waals surface area contributed by atoms with Gasteiger partial charge >= 0.3 is 0 Å². The third-order valence-electron chi connectivity index (χ3n) is 5.54. The number of hydrogen-bond acceptors (Lipinski definition) is 4. The number of ether oxygens (including phenoxy) is 2. The Labute approximate surface area is 179 Å². The highest BCUT2D eigenvalue weighted by molar-refractivity contribution is 5.94. The monoisotopic (exact) mass is 412 g/mol. The predicted molar refractivity (Wildman–Crippen MR) is 121 cm³/mol. The smallest absolute Gasteiger partial charge is 0.279 e. The molecule has 1 aliphatic heterocycles. The number of rotatable bonds is 9. The highest BCUT2D eigenvalue weighted by Gasteiger charge is 2.15. The molecule has 1 amide bonds. The summed E-state index contributed by atoms with van der Waals surface area (Å²) < 4.78 is 10.6. The number of nitrogens with two attached hydrogens (primary N) is 1. The zero-order valence-electron chi connectivity index (χ0n) is 18.2. The van der Waals surface area contributed by atoms with E-state index in [1.54, 1.807) is 14.2 Å². The van der Waals surface area contributed by atoms with E-state index in [0.717, 1.165) is 54.5 Å². The molecule has 162 valence electrons. The van der Waals surface area contributed by atoms with Crippen LogP contribution in [0.3, 0.4) is 0 Å². The molecule has 30 heavy (non-hydrogen) atoms. The van der Waals surface area contributed by atoms with E-state index < -0.39 is 0 Å². The number of hydrogen-bond donors (Lipinski definition) is 2. The van der Waals surface area contributed by atoms with Crippen molar-refractivity contribution < 1.29 is 19.6 Å². The molecule has 0 unspecified atom stereocenters. The van der Waals surface area contributed by atoms with Crippen LogP contribution >= 0.6 is 0 Å². The lowest BCUT2D eigenvalue weighted by atomic mass is 10.1. The van der Waals surface area contributed by atoms with E-state index in [-0.39, 0.29) is 5.91 Å². The van der Waals surface area contributed by atoms with E-state index in [2.05, 4.69) is 16.3 Å². The number of carbonyl (C=O) groups excluding carboxylic acids is 1. The first-order valence-electron chi connectivity index (χ1n) is 10.9. The van der Waals surface area contributed by atoms with Crippen molar-refractivity contribution in [3.8, 4) is 11.5 Å². The van der Waals surface area contributed by atoms with Crippen molar-refractivity contribution in [2.24, 2.45) is 0 Å². The Bertz CT molecular complexity index is 817. The number of nitrogens with zero attached hydrogens (tertiary/aromatic N) is 1. The van der Waals surface area contributed by atoms with E-state index in [1.807, 2.05) is 41.7 Å². The van der Waals surface area contributed by atoms with Crippen molar-refractivity contribution in [3.63, 3.8) is 0 Å². The Morgan fingerprint density at radius 1 is 1.00 bits per heavy atom. The van der Waals surface area contributed by atoms with Gasteiger partial charge in [0.1, 0.15) is 0 Å². The SMILES string of the molecule is COc1ccc(CC[NH2+]CC(=O)Nc2ccccc2N2CCCCCC2)cc1OC. The van der Waals surface area contributed by atoms with Gasteiger partial charge in [0.15, 0.2) is 18.0 Å². The fraction of sp³-hybridized carbons (Fsp3) is 0.458. The van der Waals surface area contributed by atoms with Crippen LogP contribution in [-0.4, -0.2) is 46.3 Å². The highest BCUT2D eigenvalue weighted by Crippen LogP contribution is 2.28. The number of amides is 1. The minimum atomic E-state index is 0.0320. The summed E-state index contributed by atoms with van der Waals surface area (Å²) >= 11 is 0. The fourth-order valence-corrected chi connectivity index (χ4v) is 3.91. The molecule has 1 heterocycles. The molecule has 3 N–H and O–H groups in total. The van der Waals surface area contributed by atoms with Gasteiger partial charge in [0.05, 0.1) is 32.1 Å². The van der Waals surface area contributed by atoms with Crippen LogP contribution in [0.15, 0.2) is 42.5 Å². The molecule has 0 bridgehead atoms. The van der Waals surface area contributed by atoms with Gasteiger partial charge in [-0.1, -0.05) is 31.0 Å². The van der Waals surface area contributed by atoms with Gasteiger partial charge < -0.3 is 25.0 Å². The summed E-state index contributed by atoms with van der Waals surface area (Å²) in [5.74, 6) is 1.50. The topological polar surface area (TPSA) is 67.4 Å². The summed E-state index contributed by atoms with van der Waals surface area (Å²) in [4.78, 5) is 14.9. The molecule has 6 nitrogen and oxygen atoms in total. The van der Waals surface area contributed by atoms with Crippen molar-refractivity contribution in [1.82, 2.24) is 0 Å². The summed E-state index contributed by atoms with van der Waals surface area (Å²) in [5.41, 5.74) is 3.21. The second-order valence-electron chi connectivity index (χ2n) is 7.69. The minimum Gasteiger partial charge on any atom is -0.493 e. The van der Waals surface area contributed by atoms with Crippen molar-refractivity contribution in [2.75, 3.05) is 50.6 Å². The van der Waals surface area contributed by atoms with Gasteiger partial charge in [-0.3, -0.25) is 4.79 Å². The molecule has 0 aromatic heterocycles. The van der Waals surface area contributed by atoms with Crippen LogP contribution in [0.1, 0.15) is 31.2 Å². The number of anilines is 2. The Balaban J connectivity index is 1.48. The maximum absolute atomic E-state index is 12.5. The summed E-state index contributed by atoms with van der Waals surface area (Å²) in [5, 5.41) is 5.15. The van der Waals surface area contributed by atoms with Gasteiger partial charge in [0, 0.05) is 19.5 Å². The Morgan fingerprint density at radius 3 is 2.47 bits per heavy atom. The summed E-state index contributed by atoms with van der Waals surface area (Å²) in [6, 6.07) is 14.1. The van der Waals surface area contributed by atoms with Crippen molar-refractivity contribution in [2.45, 2.75) is 32.1 Å². The molecule has 0 radical (unpaired) electrons. The Morgan fingerprint density at radius 2 is 1.73 bits per heavy atom. The zero-order valence-corrected chi connectivity index (χ0v) is 18.2. The van der Waals surface area contributed by atoms with E-state index in [0.29, 0.717) is 6.54 Å². The fourth-order valence-electron chi connectivity index (χ4n) is 3.91. The molecule has 1 aliphatic rings. The molecule has 1 fully saturated rings. The van der Waals surface area contributed by atoms with Crippen LogP contribution in [0.4, 0.5) is 11.4 Å². The van der Waals surface area contributed by atoms with Crippen molar-refractivity contribution in [3.05, 3.63) is 48.0 Å². The summed E-state index contributed by atoms with van der Waals surface area (Å²) in [7, 11) is 3.27. The van der Waals surface area contributed by atoms with Crippen LogP contribution in [-0.2, 0) is 11.2 Å². The maximum atomic E-state index is 12.5. The van der Waals surface area contributed by atoms with Crippen LogP contribution in [0.5, 0.6) is 11.5 Å². The van der Waals surface area contributed by atoms with E-state index in [4.69, 9.17) is 9.47 Å². The summed E-state index contributed by atoms with van der Waals surface area (Å²) in [6.07, 6.45) is 5.87. The van der Waals surface area contributed by atoms with E-state index >= 15 is 0 Å². The number of nitrogens with one attached hydrogen (secondary N) is 1. The highest BCUT2D eigenvalue weighted by atomic mass is 16.5. The third-order valence-corrected chi connectivity index (χ3v) is 5.54. The molecule has 2 aromatic carbocycles. The zero-order chi connectivity index (χ0) is 21.2. The molecule has 0 aliphatic carbocycles. The third kappa shape index (κ3) is 6.13. The number of quaternary nitrogens is 1. The molecular formula is C24H34N3O3+. The van der Waals surface area contributed by atoms with Crippen molar-refractivity contribution >= 4 is 17.3 Å². The molecule has 3 rings (SSSR count). The number of carbonyl (C=O) groups is 1. The molecule has 0 atom stereocenters. The second kappa shape index (κ2) is 11.5.